The van der Waals surface area contributed by atoms with Crippen molar-refractivity contribution in [3.05, 3.63) is 0 Å². The molecule has 0 rings (SSSR count). The minimum atomic E-state index is -0.671. The van der Waals surface area contributed by atoms with Crippen LogP contribution in [0.5, 0.6) is 0 Å². The lowest BCUT2D eigenvalue weighted by molar-refractivity contribution is 0.154. The van der Waals surface area contributed by atoms with Crippen LogP contribution >= 0.6 is 0 Å². The molecule has 1 atom stereocenters. The number of carbonyl (C=O) groups is 2. The summed E-state index contributed by atoms with van der Waals surface area (Å²) in [5.41, 5.74) is 0. The highest BCUT2D eigenvalue weighted by atomic mass is 16.2. The van der Waals surface area contributed by atoms with Gasteiger partial charge in [0.2, 0.25) is 6.29 Å². The van der Waals surface area contributed by atoms with Crippen LogP contribution < -0.4 is 0 Å². The zero-order valence-corrected chi connectivity index (χ0v) is 9.64. The summed E-state index contributed by atoms with van der Waals surface area (Å²) in [7, 11) is 5.89. The topological polar surface area (TPSA) is 60.9 Å². The van der Waals surface area contributed by atoms with Crippen molar-refractivity contribution in [2.75, 3.05) is 28.2 Å². The SMILES string of the molecule is C[C@@H]([C]=O)N(C)C(=O)N(C)C(=O)N(C)C. The van der Waals surface area contributed by atoms with E-state index in [4.69, 9.17) is 0 Å². The molecule has 0 aromatic rings. The Morgan fingerprint density at radius 1 is 1.07 bits per heavy atom. The lowest BCUT2D eigenvalue weighted by Crippen LogP contribution is -2.49. The molecule has 85 valence electrons. The molecule has 0 aromatic heterocycles. The molecule has 0 spiro atoms. The fourth-order valence-electron chi connectivity index (χ4n) is 0.863. The van der Waals surface area contributed by atoms with Gasteiger partial charge in [-0.2, -0.15) is 0 Å². The summed E-state index contributed by atoms with van der Waals surface area (Å²) in [6.45, 7) is 1.53. The van der Waals surface area contributed by atoms with E-state index in [-0.39, 0.29) is 0 Å². The van der Waals surface area contributed by atoms with Gasteiger partial charge in [-0.05, 0) is 6.92 Å². The molecule has 0 N–H and O–H groups in total. The second-order valence-electron chi connectivity index (χ2n) is 3.42. The molecule has 0 saturated heterocycles. The van der Waals surface area contributed by atoms with Gasteiger partial charge in [0.25, 0.3) is 0 Å². The monoisotopic (exact) mass is 214 g/mol. The highest BCUT2D eigenvalue weighted by Gasteiger charge is 2.24. The van der Waals surface area contributed by atoms with Crippen LogP contribution in [0.4, 0.5) is 9.59 Å². The number of hydrogen-bond acceptors (Lipinski definition) is 3. The van der Waals surface area contributed by atoms with Crippen molar-refractivity contribution >= 4 is 18.3 Å². The minimum Gasteiger partial charge on any atom is -0.330 e. The largest absolute Gasteiger partial charge is 0.330 e. The molecular weight excluding hydrogens is 198 g/mol. The number of likely N-dealkylation sites (N-methyl/N-ethyl adjacent to an activating group) is 1. The van der Waals surface area contributed by atoms with Crippen molar-refractivity contribution in [2.45, 2.75) is 13.0 Å². The van der Waals surface area contributed by atoms with Crippen molar-refractivity contribution in [3.63, 3.8) is 0 Å². The number of nitrogens with zero attached hydrogens (tertiary/aromatic N) is 3. The van der Waals surface area contributed by atoms with E-state index in [9.17, 15) is 14.4 Å². The van der Waals surface area contributed by atoms with Crippen molar-refractivity contribution in [2.24, 2.45) is 0 Å². The van der Waals surface area contributed by atoms with E-state index in [0.29, 0.717) is 0 Å². The molecule has 6 nitrogen and oxygen atoms in total. The first-order chi connectivity index (χ1) is 6.82. The number of rotatable bonds is 2. The van der Waals surface area contributed by atoms with E-state index >= 15 is 0 Å². The maximum Gasteiger partial charge on any atom is 0.328 e. The Bertz CT molecular complexity index is 265. The zero-order chi connectivity index (χ0) is 12.2. The van der Waals surface area contributed by atoms with Crippen LogP contribution in [0.3, 0.4) is 0 Å². The lowest BCUT2D eigenvalue weighted by Gasteiger charge is -2.27. The zero-order valence-electron chi connectivity index (χ0n) is 9.64. The van der Waals surface area contributed by atoms with Crippen molar-refractivity contribution in [1.29, 1.82) is 0 Å². The maximum absolute atomic E-state index is 11.6. The molecule has 0 aromatic carbocycles. The number of hydrogen-bond donors (Lipinski definition) is 0. The third-order valence-electron chi connectivity index (χ3n) is 2.01. The summed E-state index contributed by atoms with van der Waals surface area (Å²) in [4.78, 5) is 36.7. The van der Waals surface area contributed by atoms with Crippen LogP contribution in [-0.4, -0.2) is 67.3 Å². The Kier molecular flexibility index (Phi) is 4.77. The fourth-order valence-corrected chi connectivity index (χ4v) is 0.863. The van der Waals surface area contributed by atoms with Gasteiger partial charge in [-0.15, -0.1) is 0 Å². The van der Waals surface area contributed by atoms with Gasteiger partial charge >= 0.3 is 12.1 Å². The maximum atomic E-state index is 11.6. The summed E-state index contributed by atoms with van der Waals surface area (Å²) >= 11 is 0. The predicted molar refractivity (Wildman–Crippen MR) is 55.2 cm³/mol. The van der Waals surface area contributed by atoms with E-state index in [2.05, 4.69) is 0 Å². The Morgan fingerprint density at radius 3 is 1.87 bits per heavy atom. The predicted octanol–water partition coefficient (Wildman–Crippen LogP) is 0.150. The number of urea groups is 2. The van der Waals surface area contributed by atoms with Gasteiger partial charge in [0.1, 0.15) is 0 Å². The van der Waals surface area contributed by atoms with Crippen LogP contribution in [0.1, 0.15) is 6.92 Å². The molecule has 0 aliphatic heterocycles. The second kappa shape index (κ2) is 5.33. The molecule has 0 aliphatic carbocycles. The van der Waals surface area contributed by atoms with E-state index in [1.807, 2.05) is 0 Å². The Labute approximate surface area is 89.4 Å². The van der Waals surface area contributed by atoms with Crippen molar-refractivity contribution in [1.82, 2.24) is 14.7 Å². The van der Waals surface area contributed by atoms with Crippen molar-refractivity contribution < 1.29 is 14.4 Å². The van der Waals surface area contributed by atoms with Crippen LogP contribution in [-0.2, 0) is 4.79 Å². The van der Waals surface area contributed by atoms with E-state index in [1.54, 1.807) is 20.4 Å². The average molecular weight is 214 g/mol. The van der Waals surface area contributed by atoms with E-state index in [0.717, 1.165) is 9.80 Å². The summed E-state index contributed by atoms with van der Waals surface area (Å²) in [6.07, 6.45) is 1.67. The van der Waals surface area contributed by atoms with Gasteiger partial charge in [-0.1, -0.05) is 0 Å². The van der Waals surface area contributed by atoms with Gasteiger partial charge in [0.15, 0.2) is 0 Å². The Morgan fingerprint density at radius 2 is 1.53 bits per heavy atom. The van der Waals surface area contributed by atoms with Crippen molar-refractivity contribution in [3.8, 4) is 0 Å². The number of carbonyl (C=O) groups excluding carboxylic acids is 3. The lowest BCUT2D eigenvalue weighted by atomic mass is 10.3. The molecule has 0 unspecified atom stereocenters. The standard InChI is InChI=1S/C9H16N3O3/c1-7(6-13)11(4)9(15)12(5)8(14)10(2)3/h7H,1-5H3/t7-/m0/s1. The normalized spacial score (nSPS) is 11.5. The summed E-state index contributed by atoms with van der Waals surface area (Å²) in [5.74, 6) is 0. The van der Waals surface area contributed by atoms with Crippen LogP contribution in [0, 0.1) is 0 Å². The first-order valence-corrected chi connectivity index (χ1v) is 4.42. The minimum absolute atomic E-state index is 0.440. The highest BCUT2D eigenvalue weighted by molar-refractivity contribution is 5.93. The Balaban J connectivity index is 4.57. The summed E-state index contributed by atoms with van der Waals surface area (Å²) in [6, 6.07) is -1.65. The molecule has 0 aliphatic rings. The molecule has 4 amide bonds. The quantitative estimate of drug-likeness (QED) is 0.657. The molecule has 0 bridgehead atoms. The number of imide groups is 1. The second-order valence-corrected chi connectivity index (χ2v) is 3.42. The van der Waals surface area contributed by atoms with Crippen LogP contribution in [0.25, 0.3) is 0 Å². The Hall–Kier alpha value is -1.59. The van der Waals surface area contributed by atoms with Crippen LogP contribution in [0.2, 0.25) is 0 Å². The smallest absolute Gasteiger partial charge is 0.328 e. The average Bonchev–Trinajstić information content (AvgIpc) is 2.23. The van der Waals surface area contributed by atoms with Gasteiger partial charge in [0, 0.05) is 28.2 Å². The molecule has 0 fully saturated rings. The molecule has 15 heavy (non-hydrogen) atoms. The molecule has 0 heterocycles. The first kappa shape index (κ1) is 13.4. The summed E-state index contributed by atoms with van der Waals surface area (Å²) < 4.78 is 0. The third kappa shape index (κ3) is 3.23. The van der Waals surface area contributed by atoms with Gasteiger partial charge < -0.3 is 9.80 Å². The van der Waals surface area contributed by atoms with E-state index in [1.165, 1.54) is 25.9 Å². The molecule has 0 saturated carbocycles. The van der Waals surface area contributed by atoms with Crippen LogP contribution in [0.15, 0.2) is 0 Å². The molecular formula is C9H16N3O3. The molecule has 1 radical (unpaired) electrons. The van der Waals surface area contributed by atoms with E-state index < -0.39 is 18.1 Å². The first-order valence-electron chi connectivity index (χ1n) is 4.42. The van der Waals surface area contributed by atoms with Gasteiger partial charge in [0.05, 0.1) is 6.04 Å². The highest BCUT2D eigenvalue weighted by Crippen LogP contribution is 2.01. The third-order valence-corrected chi connectivity index (χ3v) is 2.01. The fraction of sp³-hybridized carbons (Fsp3) is 0.667. The molecule has 6 heteroatoms. The number of amides is 4. The summed E-state index contributed by atoms with van der Waals surface area (Å²) in [5, 5.41) is 0. The van der Waals surface area contributed by atoms with Gasteiger partial charge in [-0.25, -0.2) is 14.5 Å². The van der Waals surface area contributed by atoms with Gasteiger partial charge in [-0.3, -0.25) is 4.79 Å².